The number of aryl methyl sites for hydroxylation is 1. The third-order valence-corrected chi connectivity index (χ3v) is 6.31. The quantitative estimate of drug-likeness (QED) is 0.478. The van der Waals surface area contributed by atoms with Crippen molar-refractivity contribution in [3.8, 4) is 0 Å². The zero-order valence-corrected chi connectivity index (χ0v) is 17.5. The number of nitrogens with one attached hydrogen (secondary N) is 1. The molecule has 1 amide bonds. The lowest BCUT2D eigenvalue weighted by Gasteiger charge is -2.15. The third-order valence-electron chi connectivity index (χ3n) is 5.34. The average molecular weight is 408 g/mol. The molecule has 3 aromatic rings. The lowest BCUT2D eigenvalue weighted by Crippen LogP contribution is -2.35. The van der Waals surface area contributed by atoms with Crippen molar-refractivity contribution in [2.24, 2.45) is 5.92 Å². The number of carbonyl (C=O) groups is 1. The summed E-state index contributed by atoms with van der Waals surface area (Å²) in [5.41, 5.74) is 2.79. The number of carbonyl (C=O) groups excluding carboxylic acids is 1. The van der Waals surface area contributed by atoms with Gasteiger partial charge in [-0.2, -0.15) is 0 Å². The lowest BCUT2D eigenvalue weighted by molar-refractivity contribution is -0.119. The predicted octanol–water partition coefficient (Wildman–Crippen LogP) is 3.76. The zero-order chi connectivity index (χ0) is 20.4. The summed E-state index contributed by atoms with van der Waals surface area (Å²) >= 11 is 1.32. The number of amides is 1. The third kappa shape index (κ3) is 4.70. The van der Waals surface area contributed by atoms with E-state index < -0.39 is 0 Å². The number of hydrogen-bond donors (Lipinski definition) is 1. The Morgan fingerprint density at radius 1 is 1.21 bits per heavy atom. The highest BCUT2D eigenvalue weighted by Gasteiger charge is 2.28. The van der Waals surface area contributed by atoms with E-state index in [-0.39, 0.29) is 23.3 Å². The molecule has 1 saturated carbocycles. The molecule has 1 atom stereocenters. The number of nitrogens with zero attached hydrogens (tertiary/aromatic N) is 2. The minimum Gasteiger partial charge on any atom is -0.353 e. The Kier molecular flexibility index (Phi) is 5.72. The molecule has 0 aliphatic heterocycles. The second-order valence-corrected chi connectivity index (χ2v) is 8.71. The number of fused-ring (bicyclic) bond motifs is 1. The maximum Gasteiger partial charge on any atom is 0.262 e. The van der Waals surface area contributed by atoms with Crippen LogP contribution < -0.4 is 10.9 Å². The number of benzene rings is 2. The Labute approximate surface area is 174 Å². The van der Waals surface area contributed by atoms with Crippen LogP contribution in [-0.2, 0) is 11.3 Å². The molecule has 1 fully saturated rings. The van der Waals surface area contributed by atoms with Gasteiger partial charge < -0.3 is 5.32 Å². The highest BCUT2D eigenvalue weighted by Crippen LogP contribution is 2.32. The molecule has 1 aromatic heterocycles. The molecular formula is C23H25N3O2S. The van der Waals surface area contributed by atoms with Crippen LogP contribution in [0.5, 0.6) is 0 Å². The van der Waals surface area contributed by atoms with Crippen molar-refractivity contribution in [2.75, 3.05) is 5.75 Å². The van der Waals surface area contributed by atoms with Gasteiger partial charge in [0.1, 0.15) is 0 Å². The van der Waals surface area contributed by atoms with E-state index in [1.165, 1.54) is 30.2 Å². The monoisotopic (exact) mass is 407 g/mol. The SMILES string of the molecule is Cc1ccc(Cn2c(SCC(=O)N[C@H](C)C3CC3)nc3ccccc3c2=O)cc1. The van der Waals surface area contributed by atoms with Crippen LogP contribution in [0.2, 0.25) is 0 Å². The first-order valence-corrected chi connectivity index (χ1v) is 11.0. The van der Waals surface area contributed by atoms with E-state index >= 15 is 0 Å². The molecule has 6 heteroatoms. The molecular weight excluding hydrogens is 382 g/mol. The second-order valence-electron chi connectivity index (χ2n) is 7.77. The van der Waals surface area contributed by atoms with Gasteiger partial charge in [0.2, 0.25) is 5.91 Å². The number of aromatic nitrogens is 2. The van der Waals surface area contributed by atoms with Crippen molar-refractivity contribution >= 4 is 28.6 Å². The molecule has 1 aliphatic rings. The fourth-order valence-electron chi connectivity index (χ4n) is 3.41. The van der Waals surface area contributed by atoms with Crippen molar-refractivity contribution in [3.05, 3.63) is 70.0 Å². The fourth-order valence-corrected chi connectivity index (χ4v) is 4.22. The van der Waals surface area contributed by atoms with Gasteiger partial charge in [-0.05, 0) is 50.3 Å². The standard InChI is InChI=1S/C23H25N3O2S/c1-15-7-9-17(10-8-15)13-26-22(28)19-5-3-4-6-20(19)25-23(26)29-14-21(27)24-16(2)18-11-12-18/h3-10,16,18H,11-14H2,1-2H3,(H,24,27)/t16-/m1/s1. The molecule has 0 unspecified atom stereocenters. The molecule has 150 valence electrons. The summed E-state index contributed by atoms with van der Waals surface area (Å²) in [4.78, 5) is 30.2. The second kappa shape index (κ2) is 8.41. The van der Waals surface area contributed by atoms with Crippen LogP contribution in [0.25, 0.3) is 10.9 Å². The fraction of sp³-hybridized carbons (Fsp3) is 0.348. The summed E-state index contributed by atoms with van der Waals surface area (Å²) in [6.45, 7) is 4.53. The van der Waals surface area contributed by atoms with Crippen LogP contribution in [0.15, 0.2) is 58.5 Å². The minimum absolute atomic E-state index is 0.0151. The van der Waals surface area contributed by atoms with Crippen LogP contribution in [0.4, 0.5) is 0 Å². The smallest absolute Gasteiger partial charge is 0.262 e. The Morgan fingerprint density at radius 2 is 1.93 bits per heavy atom. The molecule has 2 aromatic carbocycles. The number of rotatable bonds is 7. The number of hydrogen-bond acceptors (Lipinski definition) is 4. The molecule has 5 nitrogen and oxygen atoms in total. The van der Waals surface area contributed by atoms with E-state index in [9.17, 15) is 9.59 Å². The van der Waals surface area contributed by atoms with E-state index in [1.54, 1.807) is 10.6 Å². The topological polar surface area (TPSA) is 64.0 Å². The van der Waals surface area contributed by atoms with Gasteiger partial charge in [-0.1, -0.05) is 53.7 Å². The molecule has 1 aliphatic carbocycles. The molecule has 1 N–H and O–H groups in total. The van der Waals surface area contributed by atoms with Crippen molar-refractivity contribution in [1.29, 1.82) is 0 Å². The molecule has 1 heterocycles. The van der Waals surface area contributed by atoms with E-state index in [0.29, 0.717) is 28.5 Å². The summed E-state index contributed by atoms with van der Waals surface area (Å²) in [6, 6.07) is 15.7. The van der Waals surface area contributed by atoms with Crippen molar-refractivity contribution in [3.63, 3.8) is 0 Å². The van der Waals surface area contributed by atoms with Crippen LogP contribution in [0.3, 0.4) is 0 Å². The summed E-state index contributed by atoms with van der Waals surface area (Å²) in [5.74, 6) is 0.844. The van der Waals surface area contributed by atoms with Gasteiger partial charge in [0.15, 0.2) is 5.16 Å². The predicted molar refractivity (Wildman–Crippen MR) is 117 cm³/mol. The zero-order valence-electron chi connectivity index (χ0n) is 16.7. The summed E-state index contributed by atoms with van der Waals surface area (Å²) < 4.78 is 1.68. The first-order chi connectivity index (χ1) is 14.0. The van der Waals surface area contributed by atoms with Gasteiger partial charge in [0, 0.05) is 6.04 Å². The summed E-state index contributed by atoms with van der Waals surface area (Å²) in [5, 5.41) is 4.23. The summed E-state index contributed by atoms with van der Waals surface area (Å²) in [6.07, 6.45) is 2.38. The molecule has 0 saturated heterocycles. The maximum absolute atomic E-state index is 13.1. The summed E-state index contributed by atoms with van der Waals surface area (Å²) in [7, 11) is 0. The Balaban J connectivity index is 1.60. The number of thioether (sulfide) groups is 1. The molecule has 4 rings (SSSR count). The van der Waals surface area contributed by atoms with E-state index in [2.05, 4.69) is 12.2 Å². The van der Waals surface area contributed by atoms with Gasteiger partial charge in [0.25, 0.3) is 5.56 Å². The Morgan fingerprint density at radius 3 is 2.66 bits per heavy atom. The Bertz CT molecular complexity index is 1090. The molecule has 0 spiro atoms. The molecule has 29 heavy (non-hydrogen) atoms. The lowest BCUT2D eigenvalue weighted by atomic mass is 10.1. The van der Waals surface area contributed by atoms with E-state index in [1.807, 2.05) is 49.4 Å². The van der Waals surface area contributed by atoms with Crippen LogP contribution >= 0.6 is 11.8 Å². The van der Waals surface area contributed by atoms with Gasteiger partial charge in [-0.15, -0.1) is 0 Å². The van der Waals surface area contributed by atoms with Crippen LogP contribution in [0, 0.1) is 12.8 Å². The van der Waals surface area contributed by atoms with Crippen molar-refractivity contribution in [1.82, 2.24) is 14.9 Å². The highest BCUT2D eigenvalue weighted by atomic mass is 32.2. The van der Waals surface area contributed by atoms with Gasteiger partial charge >= 0.3 is 0 Å². The maximum atomic E-state index is 13.1. The average Bonchev–Trinajstić information content (AvgIpc) is 3.56. The van der Waals surface area contributed by atoms with Crippen LogP contribution in [-0.4, -0.2) is 27.3 Å². The number of para-hydroxylation sites is 1. The first-order valence-electron chi connectivity index (χ1n) is 9.98. The highest BCUT2D eigenvalue weighted by molar-refractivity contribution is 7.99. The largest absolute Gasteiger partial charge is 0.353 e. The van der Waals surface area contributed by atoms with Gasteiger partial charge in [-0.25, -0.2) is 4.98 Å². The van der Waals surface area contributed by atoms with Crippen molar-refractivity contribution in [2.45, 2.75) is 44.4 Å². The van der Waals surface area contributed by atoms with E-state index in [4.69, 9.17) is 4.98 Å². The minimum atomic E-state index is -0.0783. The normalized spacial score (nSPS) is 14.7. The molecule has 0 radical (unpaired) electrons. The van der Waals surface area contributed by atoms with Crippen LogP contribution in [0.1, 0.15) is 30.9 Å². The van der Waals surface area contributed by atoms with Crippen molar-refractivity contribution < 1.29 is 4.79 Å². The van der Waals surface area contributed by atoms with Gasteiger partial charge in [-0.3, -0.25) is 14.2 Å². The molecule has 0 bridgehead atoms. The van der Waals surface area contributed by atoms with E-state index in [0.717, 1.165) is 5.56 Å². The van der Waals surface area contributed by atoms with Gasteiger partial charge in [0.05, 0.1) is 23.2 Å². The Hall–Kier alpha value is -2.60. The first kappa shape index (κ1) is 19.7.